The Morgan fingerprint density at radius 3 is 2.50 bits per heavy atom. The van der Waals surface area contributed by atoms with Gasteiger partial charge >= 0.3 is 0 Å². The average molecular weight is 427 g/mol. The number of pyridine rings is 1. The van der Waals surface area contributed by atoms with Crippen LogP contribution in [-0.2, 0) is 11.3 Å². The SMILES string of the molecule is N#Cc1ccc(Cn2nc(-c3ccc(NC4COC4)nc3F)c3ccccc3c2=O)cc1. The Labute approximate surface area is 182 Å². The van der Waals surface area contributed by atoms with Crippen LogP contribution in [0.15, 0.2) is 65.5 Å². The van der Waals surface area contributed by atoms with Gasteiger partial charge in [-0.1, -0.05) is 30.3 Å². The summed E-state index contributed by atoms with van der Waals surface area (Å²) in [5.74, 6) is -0.244. The maximum atomic E-state index is 15.0. The Bertz CT molecular complexity index is 1410. The molecular formula is C24H18FN5O2. The summed E-state index contributed by atoms with van der Waals surface area (Å²) in [5.41, 5.74) is 1.62. The summed E-state index contributed by atoms with van der Waals surface area (Å²) in [6.07, 6.45) is 0. The predicted molar refractivity (Wildman–Crippen MR) is 118 cm³/mol. The van der Waals surface area contributed by atoms with Crippen LogP contribution < -0.4 is 10.9 Å². The molecule has 0 bridgehead atoms. The Balaban J connectivity index is 1.58. The number of halogens is 1. The number of fused-ring (bicyclic) bond motifs is 1. The first-order valence-corrected chi connectivity index (χ1v) is 10.1. The van der Waals surface area contributed by atoms with Crippen LogP contribution in [0.5, 0.6) is 0 Å². The molecular weight excluding hydrogens is 409 g/mol. The molecule has 0 spiro atoms. The van der Waals surface area contributed by atoms with E-state index in [2.05, 4.69) is 21.5 Å². The topological polar surface area (TPSA) is 92.8 Å². The van der Waals surface area contributed by atoms with Crippen molar-refractivity contribution < 1.29 is 9.13 Å². The van der Waals surface area contributed by atoms with Gasteiger partial charge in [0.05, 0.1) is 48.4 Å². The van der Waals surface area contributed by atoms with Gasteiger partial charge < -0.3 is 10.1 Å². The zero-order valence-corrected chi connectivity index (χ0v) is 17.0. The number of anilines is 1. The van der Waals surface area contributed by atoms with Gasteiger partial charge in [0.25, 0.3) is 5.56 Å². The van der Waals surface area contributed by atoms with Crippen LogP contribution in [0.2, 0.25) is 0 Å². The van der Waals surface area contributed by atoms with E-state index in [1.54, 1.807) is 60.7 Å². The van der Waals surface area contributed by atoms with E-state index in [1.807, 2.05) is 0 Å². The van der Waals surface area contributed by atoms with Crippen molar-refractivity contribution in [2.24, 2.45) is 0 Å². The lowest BCUT2D eigenvalue weighted by Crippen LogP contribution is -2.40. The second kappa shape index (κ2) is 8.21. The van der Waals surface area contributed by atoms with E-state index >= 15 is 4.39 Å². The number of ether oxygens (including phenoxy) is 1. The summed E-state index contributed by atoms with van der Waals surface area (Å²) in [7, 11) is 0. The number of nitrogens with zero attached hydrogens (tertiary/aromatic N) is 4. The van der Waals surface area contributed by atoms with Gasteiger partial charge in [0.15, 0.2) is 0 Å². The summed E-state index contributed by atoms with van der Waals surface area (Å²) in [5, 5.41) is 17.6. The Morgan fingerprint density at radius 2 is 1.84 bits per heavy atom. The van der Waals surface area contributed by atoms with Gasteiger partial charge in [0.1, 0.15) is 11.5 Å². The average Bonchev–Trinajstić information content (AvgIpc) is 2.79. The number of hydrogen-bond donors (Lipinski definition) is 1. The van der Waals surface area contributed by atoms with E-state index in [0.717, 1.165) is 5.56 Å². The minimum absolute atomic E-state index is 0.126. The maximum Gasteiger partial charge on any atom is 0.274 e. The largest absolute Gasteiger partial charge is 0.377 e. The molecule has 2 aromatic heterocycles. The first-order valence-electron chi connectivity index (χ1n) is 10.1. The molecule has 1 aliphatic rings. The van der Waals surface area contributed by atoms with E-state index in [1.165, 1.54) is 4.68 Å². The molecule has 0 saturated carbocycles. The van der Waals surface area contributed by atoms with Crippen LogP contribution in [0, 0.1) is 17.3 Å². The molecule has 1 saturated heterocycles. The van der Waals surface area contributed by atoms with E-state index in [0.29, 0.717) is 41.1 Å². The molecule has 1 N–H and O–H groups in total. The third kappa shape index (κ3) is 3.70. The maximum absolute atomic E-state index is 15.0. The van der Waals surface area contributed by atoms with Gasteiger partial charge in [-0.05, 0) is 35.9 Å². The van der Waals surface area contributed by atoms with E-state index < -0.39 is 5.95 Å². The summed E-state index contributed by atoms with van der Waals surface area (Å²) in [6, 6.07) is 19.4. The molecule has 4 aromatic rings. The number of nitrogens with one attached hydrogen (secondary N) is 1. The number of nitriles is 1. The van der Waals surface area contributed by atoms with Crippen molar-refractivity contribution in [3.05, 3.63) is 88.1 Å². The number of aromatic nitrogens is 3. The van der Waals surface area contributed by atoms with Crippen LogP contribution in [0.1, 0.15) is 11.1 Å². The molecule has 7 nitrogen and oxygen atoms in total. The lowest BCUT2D eigenvalue weighted by molar-refractivity contribution is 0.0209. The molecule has 0 radical (unpaired) electrons. The summed E-state index contributed by atoms with van der Waals surface area (Å²) in [4.78, 5) is 17.1. The zero-order chi connectivity index (χ0) is 22.1. The Kier molecular flexibility index (Phi) is 5.09. The molecule has 5 rings (SSSR count). The molecule has 0 atom stereocenters. The molecule has 32 heavy (non-hydrogen) atoms. The molecule has 3 heterocycles. The fourth-order valence-corrected chi connectivity index (χ4v) is 3.62. The van der Waals surface area contributed by atoms with Crippen molar-refractivity contribution in [1.82, 2.24) is 14.8 Å². The van der Waals surface area contributed by atoms with Crippen LogP contribution >= 0.6 is 0 Å². The zero-order valence-electron chi connectivity index (χ0n) is 17.0. The minimum Gasteiger partial charge on any atom is -0.377 e. The van der Waals surface area contributed by atoms with Crippen LogP contribution in [0.3, 0.4) is 0 Å². The Morgan fingerprint density at radius 1 is 1.09 bits per heavy atom. The highest BCUT2D eigenvalue weighted by molar-refractivity contribution is 5.93. The number of hydrogen-bond acceptors (Lipinski definition) is 6. The first kappa shape index (κ1) is 19.8. The quantitative estimate of drug-likeness (QED) is 0.491. The predicted octanol–water partition coefficient (Wildman–Crippen LogP) is 3.33. The summed E-state index contributed by atoms with van der Waals surface area (Å²) in [6.45, 7) is 1.33. The van der Waals surface area contributed by atoms with Crippen LogP contribution in [-0.4, -0.2) is 34.0 Å². The van der Waals surface area contributed by atoms with Crippen molar-refractivity contribution in [2.75, 3.05) is 18.5 Å². The Hall–Kier alpha value is -4.09. The molecule has 1 fully saturated rings. The standard InChI is InChI=1S/C24H18FN5O2/c25-23-20(9-10-21(28-23)27-17-13-32-14-17)22-18-3-1-2-4-19(18)24(31)30(29-22)12-16-7-5-15(11-26)6-8-16/h1-10,17H,12-14H2,(H,27,28). The van der Waals surface area contributed by atoms with Crippen molar-refractivity contribution in [1.29, 1.82) is 5.26 Å². The monoisotopic (exact) mass is 427 g/mol. The van der Waals surface area contributed by atoms with E-state index in [-0.39, 0.29) is 23.7 Å². The van der Waals surface area contributed by atoms with Crippen molar-refractivity contribution >= 4 is 16.6 Å². The molecule has 8 heteroatoms. The van der Waals surface area contributed by atoms with Gasteiger partial charge in [-0.3, -0.25) is 4.79 Å². The van der Waals surface area contributed by atoms with Crippen LogP contribution in [0.25, 0.3) is 22.0 Å². The lowest BCUT2D eigenvalue weighted by Gasteiger charge is -2.27. The van der Waals surface area contributed by atoms with Crippen molar-refractivity contribution in [3.63, 3.8) is 0 Å². The van der Waals surface area contributed by atoms with Gasteiger partial charge in [0, 0.05) is 5.39 Å². The van der Waals surface area contributed by atoms with Gasteiger partial charge in [-0.25, -0.2) is 9.67 Å². The smallest absolute Gasteiger partial charge is 0.274 e. The number of rotatable bonds is 5. The first-order chi connectivity index (χ1) is 15.6. The third-order valence-electron chi connectivity index (χ3n) is 5.38. The van der Waals surface area contributed by atoms with Crippen molar-refractivity contribution in [3.8, 4) is 17.3 Å². The fraction of sp³-hybridized carbons (Fsp3) is 0.167. The third-order valence-corrected chi connectivity index (χ3v) is 5.38. The normalized spacial score (nSPS) is 13.5. The van der Waals surface area contributed by atoms with Crippen LogP contribution in [0.4, 0.5) is 10.2 Å². The molecule has 2 aromatic carbocycles. The molecule has 1 aliphatic heterocycles. The molecule has 158 valence electrons. The molecule has 0 amide bonds. The van der Waals surface area contributed by atoms with Crippen molar-refractivity contribution in [2.45, 2.75) is 12.6 Å². The summed E-state index contributed by atoms with van der Waals surface area (Å²) < 4.78 is 21.5. The summed E-state index contributed by atoms with van der Waals surface area (Å²) >= 11 is 0. The fourth-order valence-electron chi connectivity index (χ4n) is 3.62. The van der Waals surface area contributed by atoms with Gasteiger partial charge in [-0.2, -0.15) is 14.8 Å². The van der Waals surface area contributed by atoms with E-state index in [9.17, 15) is 4.79 Å². The second-order valence-electron chi connectivity index (χ2n) is 7.58. The highest BCUT2D eigenvalue weighted by Crippen LogP contribution is 2.27. The highest BCUT2D eigenvalue weighted by atomic mass is 19.1. The van der Waals surface area contributed by atoms with Gasteiger partial charge in [-0.15, -0.1) is 0 Å². The number of benzene rings is 2. The van der Waals surface area contributed by atoms with Gasteiger partial charge in [0.2, 0.25) is 5.95 Å². The minimum atomic E-state index is -0.670. The highest BCUT2D eigenvalue weighted by Gasteiger charge is 2.20. The molecule has 0 aliphatic carbocycles. The second-order valence-corrected chi connectivity index (χ2v) is 7.58. The lowest BCUT2D eigenvalue weighted by atomic mass is 10.1. The van der Waals surface area contributed by atoms with E-state index in [4.69, 9.17) is 10.00 Å². The molecule has 0 unspecified atom stereocenters.